The summed E-state index contributed by atoms with van der Waals surface area (Å²) >= 11 is 0. The van der Waals surface area contributed by atoms with Crippen LogP contribution in [0.4, 0.5) is 0 Å². The van der Waals surface area contributed by atoms with Crippen LogP contribution in [0.3, 0.4) is 0 Å². The fourth-order valence-corrected chi connectivity index (χ4v) is 4.07. The molecule has 0 bridgehead atoms. The van der Waals surface area contributed by atoms with Crippen molar-refractivity contribution < 1.29 is 0 Å². The van der Waals surface area contributed by atoms with Gasteiger partial charge in [-0.3, -0.25) is 0 Å². The van der Waals surface area contributed by atoms with Crippen molar-refractivity contribution in [3.05, 3.63) is 0 Å². The lowest BCUT2D eigenvalue weighted by molar-refractivity contribution is 0.164. The summed E-state index contributed by atoms with van der Waals surface area (Å²) in [6.45, 7) is 9.68. The molecule has 0 saturated heterocycles. The Balaban J connectivity index is 1.77. The monoisotopic (exact) mass is 251 g/mol. The van der Waals surface area contributed by atoms with E-state index in [4.69, 9.17) is 0 Å². The van der Waals surface area contributed by atoms with Crippen molar-refractivity contribution in [2.45, 2.75) is 84.7 Å². The third-order valence-electron chi connectivity index (χ3n) is 5.87. The van der Waals surface area contributed by atoms with Crippen LogP contribution in [0.1, 0.15) is 72.6 Å². The Morgan fingerprint density at radius 2 is 1.56 bits per heavy atom. The second kappa shape index (κ2) is 6.41. The third kappa shape index (κ3) is 3.50. The number of hydrogen-bond acceptors (Lipinski definition) is 1. The summed E-state index contributed by atoms with van der Waals surface area (Å²) in [5.74, 6) is 3.68. The van der Waals surface area contributed by atoms with Gasteiger partial charge in [0.15, 0.2) is 0 Å². The molecule has 0 spiro atoms. The lowest BCUT2D eigenvalue weighted by Gasteiger charge is -2.39. The van der Waals surface area contributed by atoms with Crippen LogP contribution >= 0.6 is 0 Å². The van der Waals surface area contributed by atoms with E-state index in [0.29, 0.717) is 0 Å². The van der Waals surface area contributed by atoms with Crippen LogP contribution in [0, 0.1) is 23.7 Å². The Bertz CT molecular complexity index is 240. The summed E-state index contributed by atoms with van der Waals surface area (Å²) in [5, 5.41) is 4.00. The van der Waals surface area contributed by atoms with Crippen molar-refractivity contribution in [3.8, 4) is 0 Å². The standard InChI is InChI=1S/C17H33N/c1-12(2)15-8-10-16(11-9-15)18-17-7-5-6-13(3)14(17)4/h12-18H,5-11H2,1-4H3. The third-order valence-corrected chi connectivity index (χ3v) is 5.87. The van der Waals surface area contributed by atoms with E-state index in [1.165, 1.54) is 44.9 Å². The molecule has 0 amide bonds. The molecule has 1 N–H and O–H groups in total. The van der Waals surface area contributed by atoms with Crippen molar-refractivity contribution in [1.82, 2.24) is 5.32 Å². The van der Waals surface area contributed by atoms with Gasteiger partial charge in [0.1, 0.15) is 0 Å². The highest BCUT2D eigenvalue weighted by molar-refractivity contribution is 4.87. The summed E-state index contributed by atoms with van der Waals surface area (Å²) in [6.07, 6.45) is 10.0. The summed E-state index contributed by atoms with van der Waals surface area (Å²) < 4.78 is 0. The maximum absolute atomic E-state index is 4.00. The normalized spacial score (nSPS) is 42.2. The first kappa shape index (κ1) is 14.4. The first-order valence-corrected chi connectivity index (χ1v) is 8.34. The minimum absolute atomic E-state index is 0.800. The molecular weight excluding hydrogens is 218 g/mol. The Kier molecular flexibility index (Phi) is 5.12. The van der Waals surface area contributed by atoms with Gasteiger partial charge in [-0.05, 0) is 55.8 Å². The zero-order chi connectivity index (χ0) is 13.1. The average Bonchev–Trinajstić information content (AvgIpc) is 2.36. The molecule has 106 valence electrons. The van der Waals surface area contributed by atoms with Gasteiger partial charge in [0, 0.05) is 12.1 Å². The molecule has 18 heavy (non-hydrogen) atoms. The maximum atomic E-state index is 4.00. The summed E-state index contributed by atoms with van der Waals surface area (Å²) in [7, 11) is 0. The molecule has 3 unspecified atom stereocenters. The zero-order valence-corrected chi connectivity index (χ0v) is 12.9. The lowest BCUT2D eigenvalue weighted by Crippen LogP contribution is -2.47. The molecule has 0 aromatic carbocycles. The van der Waals surface area contributed by atoms with Crippen LogP contribution in [-0.4, -0.2) is 12.1 Å². The van der Waals surface area contributed by atoms with E-state index >= 15 is 0 Å². The predicted octanol–water partition coefficient (Wildman–Crippen LogP) is 4.62. The van der Waals surface area contributed by atoms with Crippen molar-refractivity contribution in [3.63, 3.8) is 0 Å². The predicted molar refractivity (Wildman–Crippen MR) is 79.7 cm³/mol. The van der Waals surface area contributed by atoms with Gasteiger partial charge in [0.2, 0.25) is 0 Å². The molecule has 0 aromatic heterocycles. The number of hydrogen-bond donors (Lipinski definition) is 1. The quantitative estimate of drug-likeness (QED) is 0.772. The first-order valence-electron chi connectivity index (χ1n) is 8.34. The largest absolute Gasteiger partial charge is 0.311 e. The van der Waals surface area contributed by atoms with E-state index in [0.717, 1.165) is 35.8 Å². The molecule has 3 atom stereocenters. The van der Waals surface area contributed by atoms with Gasteiger partial charge >= 0.3 is 0 Å². The molecule has 0 heterocycles. The maximum Gasteiger partial charge on any atom is 0.00978 e. The Hall–Kier alpha value is -0.0400. The van der Waals surface area contributed by atoms with Gasteiger partial charge in [0.05, 0.1) is 0 Å². The van der Waals surface area contributed by atoms with E-state index in [9.17, 15) is 0 Å². The fraction of sp³-hybridized carbons (Fsp3) is 1.00. The molecule has 0 aromatic rings. The minimum Gasteiger partial charge on any atom is -0.311 e. The second-order valence-electron chi connectivity index (χ2n) is 7.40. The van der Waals surface area contributed by atoms with Gasteiger partial charge in [-0.1, -0.05) is 40.5 Å². The van der Waals surface area contributed by atoms with Crippen molar-refractivity contribution >= 4 is 0 Å². The molecule has 2 fully saturated rings. The zero-order valence-electron chi connectivity index (χ0n) is 12.9. The highest BCUT2D eigenvalue weighted by Gasteiger charge is 2.30. The molecule has 2 rings (SSSR count). The molecule has 2 saturated carbocycles. The van der Waals surface area contributed by atoms with Crippen LogP contribution < -0.4 is 5.32 Å². The number of nitrogens with one attached hydrogen (secondary N) is 1. The molecule has 2 aliphatic carbocycles. The van der Waals surface area contributed by atoms with Crippen LogP contribution in [-0.2, 0) is 0 Å². The highest BCUT2D eigenvalue weighted by atomic mass is 15.0. The Morgan fingerprint density at radius 1 is 0.889 bits per heavy atom. The molecule has 0 aliphatic heterocycles. The van der Waals surface area contributed by atoms with Gasteiger partial charge in [-0.2, -0.15) is 0 Å². The fourth-order valence-electron chi connectivity index (χ4n) is 4.07. The van der Waals surface area contributed by atoms with Gasteiger partial charge in [0.25, 0.3) is 0 Å². The topological polar surface area (TPSA) is 12.0 Å². The minimum atomic E-state index is 0.800. The first-order chi connectivity index (χ1) is 8.58. The number of rotatable bonds is 3. The average molecular weight is 251 g/mol. The lowest BCUT2D eigenvalue weighted by atomic mass is 9.76. The Morgan fingerprint density at radius 3 is 2.17 bits per heavy atom. The summed E-state index contributed by atoms with van der Waals surface area (Å²) in [6, 6.07) is 1.62. The summed E-state index contributed by atoms with van der Waals surface area (Å²) in [5.41, 5.74) is 0. The van der Waals surface area contributed by atoms with Crippen LogP contribution in [0.25, 0.3) is 0 Å². The van der Waals surface area contributed by atoms with E-state index in [2.05, 4.69) is 33.0 Å². The SMILES string of the molecule is CC(C)C1CCC(NC2CCCC(C)C2C)CC1. The van der Waals surface area contributed by atoms with E-state index < -0.39 is 0 Å². The Labute approximate surface area is 114 Å². The smallest absolute Gasteiger partial charge is 0.00978 e. The summed E-state index contributed by atoms with van der Waals surface area (Å²) in [4.78, 5) is 0. The van der Waals surface area contributed by atoms with E-state index in [-0.39, 0.29) is 0 Å². The molecule has 1 nitrogen and oxygen atoms in total. The van der Waals surface area contributed by atoms with Crippen molar-refractivity contribution in [2.75, 3.05) is 0 Å². The van der Waals surface area contributed by atoms with Crippen molar-refractivity contribution in [2.24, 2.45) is 23.7 Å². The van der Waals surface area contributed by atoms with Gasteiger partial charge < -0.3 is 5.32 Å². The van der Waals surface area contributed by atoms with Crippen molar-refractivity contribution in [1.29, 1.82) is 0 Å². The highest BCUT2D eigenvalue weighted by Crippen LogP contribution is 2.33. The van der Waals surface area contributed by atoms with E-state index in [1.54, 1.807) is 0 Å². The van der Waals surface area contributed by atoms with Crippen LogP contribution in [0.5, 0.6) is 0 Å². The van der Waals surface area contributed by atoms with Crippen LogP contribution in [0.2, 0.25) is 0 Å². The van der Waals surface area contributed by atoms with Crippen LogP contribution in [0.15, 0.2) is 0 Å². The molecule has 1 heteroatoms. The molecular formula is C17H33N. The van der Waals surface area contributed by atoms with Gasteiger partial charge in [-0.15, -0.1) is 0 Å². The van der Waals surface area contributed by atoms with E-state index in [1.807, 2.05) is 0 Å². The molecule has 0 radical (unpaired) electrons. The molecule has 2 aliphatic rings. The van der Waals surface area contributed by atoms with Gasteiger partial charge in [-0.25, -0.2) is 0 Å². The second-order valence-corrected chi connectivity index (χ2v) is 7.40.